The van der Waals surface area contributed by atoms with Gasteiger partial charge in [0.1, 0.15) is 0 Å². The summed E-state index contributed by atoms with van der Waals surface area (Å²) >= 11 is 0. The van der Waals surface area contributed by atoms with Crippen molar-refractivity contribution in [3.05, 3.63) is 29.8 Å². The van der Waals surface area contributed by atoms with Gasteiger partial charge in [-0.25, -0.2) is 4.79 Å². The number of hydrogen-bond acceptors (Lipinski definition) is 3. The van der Waals surface area contributed by atoms with Crippen molar-refractivity contribution in [1.29, 1.82) is 0 Å². The van der Waals surface area contributed by atoms with Crippen LogP contribution in [0.4, 0.5) is 5.69 Å². The molecule has 4 nitrogen and oxygen atoms in total. The van der Waals surface area contributed by atoms with Gasteiger partial charge in [-0.2, -0.15) is 0 Å². The third-order valence-electron chi connectivity index (χ3n) is 3.56. The van der Waals surface area contributed by atoms with Gasteiger partial charge < -0.3 is 10.1 Å². The molecule has 1 aromatic rings. The fourth-order valence-electron chi connectivity index (χ4n) is 1.60. The summed E-state index contributed by atoms with van der Waals surface area (Å²) in [4.78, 5) is 23.2. The van der Waals surface area contributed by atoms with E-state index in [-0.39, 0.29) is 23.2 Å². The van der Waals surface area contributed by atoms with Crippen molar-refractivity contribution in [2.75, 3.05) is 12.4 Å². The van der Waals surface area contributed by atoms with Crippen molar-refractivity contribution in [2.45, 2.75) is 34.1 Å². The number of carbonyl (C=O) groups is 2. The Morgan fingerprint density at radius 1 is 1.20 bits per heavy atom. The Labute approximate surface area is 120 Å². The zero-order valence-corrected chi connectivity index (χ0v) is 12.8. The zero-order chi connectivity index (χ0) is 15.3. The van der Waals surface area contributed by atoms with Crippen LogP contribution in [0.15, 0.2) is 24.3 Å². The van der Waals surface area contributed by atoms with E-state index in [0.29, 0.717) is 17.7 Å². The first-order valence-corrected chi connectivity index (χ1v) is 6.72. The molecule has 0 aliphatic rings. The van der Waals surface area contributed by atoms with Crippen LogP contribution in [0.5, 0.6) is 0 Å². The molecule has 0 spiro atoms. The van der Waals surface area contributed by atoms with Gasteiger partial charge in [0.15, 0.2) is 0 Å². The van der Waals surface area contributed by atoms with Gasteiger partial charge in [-0.1, -0.05) is 27.7 Å². The van der Waals surface area contributed by atoms with Gasteiger partial charge in [0.05, 0.1) is 12.7 Å². The molecule has 0 aliphatic carbocycles. The average Bonchev–Trinajstić information content (AvgIpc) is 2.37. The zero-order valence-electron chi connectivity index (χ0n) is 12.8. The third kappa shape index (κ3) is 4.68. The molecule has 0 bridgehead atoms. The number of esters is 1. The van der Waals surface area contributed by atoms with Crippen molar-refractivity contribution in [3.63, 3.8) is 0 Å². The second kappa shape index (κ2) is 6.55. The van der Waals surface area contributed by atoms with Crippen LogP contribution in [-0.4, -0.2) is 19.0 Å². The van der Waals surface area contributed by atoms with Gasteiger partial charge in [0, 0.05) is 12.1 Å². The van der Waals surface area contributed by atoms with Gasteiger partial charge in [-0.15, -0.1) is 0 Å². The van der Waals surface area contributed by atoms with Crippen molar-refractivity contribution in [1.82, 2.24) is 0 Å². The number of carbonyl (C=O) groups excluding carboxylic acids is 2. The van der Waals surface area contributed by atoms with Crippen LogP contribution < -0.4 is 5.32 Å². The number of amides is 1. The molecule has 110 valence electrons. The highest BCUT2D eigenvalue weighted by Crippen LogP contribution is 2.28. The van der Waals surface area contributed by atoms with E-state index in [2.05, 4.69) is 37.7 Å². The quantitative estimate of drug-likeness (QED) is 0.857. The highest BCUT2D eigenvalue weighted by Gasteiger charge is 2.22. The first-order chi connectivity index (χ1) is 9.24. The summed E-state index contributed by atoms with van der Waals surface area (Å²) < 4.78 is 4.62. The summed E-state index contributed by atoms with van der Waals surface area (Å²) in [6.07, 6.45) is 0.474. The lowest BCUT2D eigenvalue weighted by atomic mass is 9.80. The van der Waals surface area contributed by atoms with E-state index in [9.17, 15) is 9.59 Å². The lowest BCUT2D eigenvalue weighted by Gasteiger charge is -2.26. The maximum atomic E-state index is 11.9. The molecule has 0 fully saturated rings. The molecule has 1 atom stereocenters. The Morgan fingerprint density at radius 3 is 2.20 bits per heavy atom. The Kier molecular flexibility index (Phi) is 5.31. The molecule has 1 rings (SSSR count). The van der Waals surface area contributed by atoms with Crippen LogP contribution >= 0.6 is 0 Å². The van der Waals surface area contributed by atoms with Crippen LogP contribution in [0, 0.1) is 11.3 Å². The molecule has 1 amide bonds. The lowest BCUT2D eigenvalue weighted by Crippen LogP contribution is -2.23. The minimum Gasteiger partial charge on any atom is -0.465 e. The first kappa shape index (κ1) is 16.2. The molecule has 0 aliphatic heterocycles. The van der Waals surface area contributed by atoms with E-state index in [1.165, 1.54) is 7.11 Å². The summed E-state index contributed by atoms with van der Waals surface area (Å²) in [6, 6.07) is 6.67. The summed E-state index contributed by atoms with van der Waals surface area (Å²) in [5, 5.41) is 2.84. The van der Waals surface area contributed by atoms with Crippen LogP contribution in [0.25, 0.3) is 0 Å². The summed E-state index contributed by atoms with van der Waals surface area (Å²) in [5.74, 6) is -0.112. The third-order valence-corrected chi connectivity index (χ3v) is 3.56. The van der Waals surface area contributed by atoms with Crippen LogP contribution in [0.3, 0.4) is 0 Å². The SMILES string of the molecule is COC(=O)c1ccc(NC(=O)CC(C)C(C)(C)C)cc1. The number of benzene rings is 1. The predicted octanol–water partition coefficient (Wildman–Crippen LogP) is 3.48. The molecular formula is C16H23NO3. The summed E-state index contributed by atoms with van der Waals surface area (Å²) in [6.45, 7) is 8.43. The van der Waals surface area contributed by atoms with Gasteiger partial charge in [-0.05, 0) is 35.6 Å². The molecule has 1 N–H and O–H groups in total. The van der Waals surface area contributed by atoms with Gasteiger partial charge >= 0.3 is 5.97 Å². The smallest absolute Gasteiger partial charge is 0.337 e. The summed E-state index contributed by atoms with van der Waals surface area (Å²) in [7, 11) is 1.34. The maximum Gasteiger partial charge on any atom is 0.337 e. The number of ether oxygens (including phenoxy) is 1. The number of rotatable bonds is 4. The molecule has 0 radical (unpaired) electrons. The molecule has 1 unspecified atom stereocenters. The standard InChI is InChI=1S/C16H23NO3/c1-11(16(2,3)4)10-14(18)17-13-8-6-12(7-9-13)15(19)20-5/h6-9,11H,10H2,1-5H3,(H,17,18). The highest BCUT2D eigenvalue weighted by atomic mass is 16.5. The monoisotopic (exact) mass is 277 g/mol. The van der Waals surface area contributed by atoms with Crippen LogP contribution in [0.1, 0.15) is 44.5 Å². The largest absolute Gasteiger partial charge is 0.465 e. The van der Waals surface area contributed by atoms with Crippen LogP contribution in [0.2, 0.25) is 0 Å². The Bertz CT molecular complexity index is 471. The number of hydrogen-bond donors (Lipinski definition) is 1. The molecule has 0 heterocycles. The molecule has 1 aromatic carbocycles. The fraction of sp³-hybridized carbons (Fsp3) is 0.500. The minimum atomic E-state index is -0.385. The molecule has 0 saturated heterocycles. The number of methoxy groups -OCH3 is 1. The van der Waals surface area contributed by atoms with E-state index in [1.54, 1.807) is 24.3 Å². The Balaban J connectivity index is 2.61. The maximum absolute atomic E-state index is 11.9. The number of anilines is 1. The van der Waals surface area contributed by atoms with E-state index in [4.69, 9.17) is 0 Å². The second-order valence-electron chi connectivity index (χ2n) is 6.09. The van der Waals surface area contributed by atoms with Crippen LogP contribution in [-0.2, 0) is 9.53 Å². The van der Waals surface area contributed by atoms with E-state index in [1.807, 2.05) is 0 Å². The van der Waals surface area contributed by atoms with Crippen molar-refractivity contribution in [3.8, 4) is 0 Å². The average molecular weight is 277 g/mol. The normalized spacial score (nSPS) is 12.7. The topological polar surface area (TPSA) is 55.4 Å². The van der Waals surface area contributed by atoms with Crippen molar-refractivity contribution < 1.29 is 14.3 Å². The lowest BCUT2D eigenvalue weighted by molar-refractivity contribution is -0.117. The Hall–Kier alpha value is -1.84. The van der Waals surface area contributed by atoms with Crippen molar-refractivity contribution >= 4 is 17.6 Å². The fourth-order valence-corrected chi connectivity index (χ4v) is 1.60. The van der Waals surface area contributed by atoms with Gasteiger partial charge in [0.2, 0.25) is 5.91 Å². The van der Waals surface area contributed by atoms with Gasteiger partial charge in [0.25, 0.3) is 0 Å². The highest BCUT2D eigenvalue weighted by molar-refractivity contribution is 5.93. The van der Waals surface area contributed by atoms with Crippen molar-refractivity contribution in [2.24, 2.45) is 11.3 Å². The molecule has 20 heavy (non-hydrogen) atoms. The molecular weight excluding hydrogens is 254 g/mol. The van der Waals surface area contributed by atoms with E-state index >= 15 is 0 Å². The number of nitrogens with one attached hydrogen (secondary N) is 1. The van der Waals surface area contributed by atoms with E-state index in [0.717, 1.165) is 0 Å². The molecule has 0 aromatic heterocycles. The Morgan fingerprint density at radius 2 is 1.75 bits per heavy atom. The second-order valence-corrected chi connectivity index (χ2v) is 6.09. The molecule has 0 saturated carbocycles. The summed E-state index contributed by atoms with van der Waals surface area (Å²) in [5.41, 5.74) is 1.25. The predicted molar refractivity (Wildman–Crippen MR) is 79.6 cm³/mol. The van der Waals surface area contributed by atoms with Gasteiger partial charge in [-0.3, -0.25) is 4.79 Å². The molecule has 4 heteroatoms. The first-order valence-electron chi connectivity index (χ1n) is 6.72. The van der Waals surface area contributed by atoms with E-state index < -0.39 is 0 Å². The minimum absolute atomic E-state index is 0.0155.